The van der Waals surface area contributed by atoms with E-state index in [0.29, 0.717) is 42.5 Å². The number of methoxy groups -OCH3 is 3. The predicted molar refractivity (Wildman–Crippen MR) is 117 cm³/mol. The van der Waals surface area contributed by atoms with Crippen molar-refractivity contribution in [2.24, 2.45) is 5.16 Å². The van der Waals surface area contributed by atoms with E-state index in [4.69, 9.17) is 19.0 Å². The number of benzene rings is 2. The van der Waals surface area contributed by atoms with Gasteiger partial charge < -0.3 is 28.8 Å². The summed E-state index contributed by atoms with van der Waals surface area (Å²) in [6.07, 6.45) is -0.214. The number of carbonyl (C=O) groups is 1. The number of carbonyl (C=O) groups excluding carboxylic acids is 1. The van der Waals surface area contributed by atoms with Gasteiger partial charge in [0.05, 0.1) is 27.0 Å². The number of hydrogen-bond acceptors (Lipinski definition) is 7. The Balaban J connectivity index is 1.39. The van der Waals surface area contributed by atoms with Crippen molar-refractivity contribution >= 4 is 17.3 Å². The van der Waals surface area contributed by atoms with Crippen molar-refractivity contribution in [1.82, 2.24) is 4.90 Å². The van der Waals surface area contributed by atoms with Crippen molar-refractivity contribution in [3.63, 3.8) is 0 Å². The molecule has 1 fully saturated rings. The molecular weight excluding hydrogens is 398 g/mol. The van der Waals surface area contributed by atoms with Gasteiger partial charge in [-0.2, -0.15) is 0 Å². The van der Waals surface area contributed by atoms with Crippen LogP contribution < -0.4 is 19.1 Å². The first-order valence-electron chi connectivity index (χ1n) is 10.3. The average molecular weight is 425 g/mol. The van der Waals surface area contributed by atoms with Crippen LogP contribution in [0.4, 0.5) is 5.69 Å². The fourth-order valence-electron chi connectivity index (χ4n) is 3.96. The van der Waals surface area contributed by atoms with E-state index in [0.717, 1.165) is 18.7 Å². The molecule has 0 aromatic heterocycles. The highest BCUT2D eigenvalue weighted by molar-refractivity contribution is 6.05. The molecule has 8 nitrogen and oxygen atoms in total. The van der Waals surface area contributed by atoms with Crippen LogP contribution in [0.2, 0.25) is 0 Å². The van der Waals surface area contributed by atoms with Gasteiger partial charge in [-0.05, 0) is 24.3 Å². The molecule has 164 valence electrons. The van der Waals surface area contributed by atoms with E-state index < -0.39 is 6.10 Å². The van der Waals surface area contributed by atoms with Gasteiger partial charge in [0.1, 0.15) is 0 Å². The monoisotopic (exact) mass is 425 g/mol. The number of anilines is 1. The van der Waals surface area contributed by atoms with Crippen LogP contribution in [0.25, 0.3) is 0 Å². The van der Waals surface area contributed by atoms with Crippen LogP contribution in [0, 0.1) is 0 Å². The zero-order chi connectivity index (χ0) is 21.8. The molecule has 2 aromatic carbocycles. The molecule has 2 heterocycles. The zero-order valence-corrected chi connectivity index (χ0v) is 18.0. The van der Waals surface area contributed by atoms with Crippen molar-refractivity contribution < 1.29 is 23.8 Å². The van der Waals surface area contributed by atoms with E-state index in [1.807, 2.05) is 35.2 Å². The van der Waals surface area contributed by atoms with E-state index in [9.17, 15) is 4.79 Å². The number of piperazine rings is 1. The first-order valence-corrected chi connectivity index (χ1v) is 10.3. The van der Waals surface area contributed by atoms with Crippen molar-refractivity contribution in [3.8, 4) is 17.2 Å². The Labute approximate surface area is 181 Å². The third-order valence-electron chi connectivity index (χ3n) is 5.65. The molecule has 0 spiro atoms. The molecule has 0 aliphatic carbocycles. The Bertz CT molecular complexity index is 930. The van der Waals surface area contributed by atoms with Crippen LogP contribution in [0.15, 0.2) is 47.6 Å². The van der Waals surface area contributed by atoms with Gasteiger partial charge in [0.25, 0.3) is 5.91 Å². The van der Waals surface area contributed by atoms with Gasteiger partial charge in [0.2, 0.25) is 11.9 Å². The minimum atomic E-state index is -0.614. The summed E-state index contributed by atoms with van der Waals surface area (Å²) in [6, 6.07) is 13.9. The number of ether oxygens (including phenoxy) is 3. The second kappa shape index (κ2) is 9.16. The van der Waals surface area contributed by atoms with Gasteiger partial charge in [0, 0.05) is 43.9 Å². The Morgan fingerprint density at radius 3 is 2.19 bits per heavy atom. The van der Waals surface area contributed by atoms with Crippen molar-refractivity contribution in [2.45, 2.75) is 12.5 Å². The van der Waals surface area contributed by atoms with Gasteiger partial charge in [-0.25, -0.2) is 0 Å². The molecule has 2 aliphatic rings. The standard InChI is InChI=1S/C23H27N3O5/c1-28-19-13-16(14-20(29-2)22(19)30-3)18-15-21(31-24-18)23(27)26-11-9-25(10-12-26)17-7-5-4-6-8-17/h4-8,13-14,21H,9-12,15H2,1-3H3. The van der Waals surface area contributed by atoms with E-state index in [2.05, 4.69) is 22.2 Å². The van der Waals surface area contributed by atoms with Crippen LogP contribution >= 0.6 is 0 Å². The number of oxime groups is 1. The topological polar surface area (TPSA) is 72.8 Å². The van der Waals surface area contributed by atoms with Crippen LogP contribution in [-0.4, -0.2) is 70.1 Å². The normalized spacial score (nSPS) is 18.3. The lowest BCUT2D eigenvalue weighted by Crippen LogP contribution is -2.51. The summed E-state index contributed by atoms with van der Waals surface area (Å²) in [5.74, 6) is 1.55. The molecule has 0 bridgehead atoms. The lowest BCUT2D eigenvalue weighted by atomic mass is 10.0. The van der Waals surface area contributed by atoms with Crippen LogP contribution in [0.3, 0.4) is 0 Å². The SMILES string of the molecule is COc1cc(C2=NOC(C(=O)N3CCN(c4ccccc4)CC3)C2)cc(OC)c1OC. The van der Waals surface area contributed by atoms with E-state index in [-0.39, 0.29) is 5.91 Å². The van der Waals surface area contributed by atoms with Gasteiger partial charge in [-0.1, -0.05) is 23.4 Å². The van der Waals surface area contributed by atoms with Gasteiger partial charge in [0.15, 0.2) is 11.5 Å². The molecule has 2 aromatic rings. The molecular formula is C23H27N3O5. The highest BCUT2D eigenvalue weighted by Gasteiger charge is 2.34. The molecule has 1 amide bonds. The first-order chi connectivity index (χ1) is 15.1. The summed E-state index contributed by atoms with van der Waals surface area (Å²) < 4.78 is 16.2. The molecule has 1 atom stereocenters. The van der Waals surface area contributed by atoms with E-state index in [1.54, 1.807) is 21.3 Å². The van der Waals surface area contributed by atoms with Crippen molar-refractivity contribution in [1.29, 1.82) is 0 Å². The van der Waals surface area contributed by atoms with Crippen LogP contribution in [0.5, 0.6) is 17.2 Å². The quantitative estimate of drug-likeness (QED) is 0.708. The summed E-state index contributed by atoms with van der Waals surface area (Å²) >= 11 is 0. The van der Waals surface area contributed by atoms with Crippen molar-refractivity contribution in [3.05, 3.63) is 48.0 Å². The molecule has 4 rings (SSSR count). The number of amides is 1. The maximum Gasteiger partial charge on any atom is 0.267 e. The van der Waals surface area contributed by atoms with Gasteiger partial charge >= 0.3 is 0 Å². The lowest BCUT2D eigenvalue weighted by Gasteiger charge is -2.36. The van der Waals surface area contributed by atoms with Crippen LogP contribution in [-0.2, 0) is 9.63 Å². The van der Waals surface area contributed by atoms with E-state index >= 15 is 0 Å². The molecule has 2 aliphatic heterocycles. The third-order valence-corrected chi connectivity index (χ3v) is 5.65. The molecule has 8 heteroatoms. The van der Waals surface area contributed by atoms with Crippen molar-refractivity contribution in [2.75, 3.05) is 52.4 Å². The maximum atomic E-state index is 13.0. The maximum absolute atomic E-state index is 13.0. The Hall–Kier alpha value is -3.42. The third kappa shape index (κ3) is 4.23. The molecule has 1 saturated heterocycles. The predicted octanol–water partition coefficient (Wildman–Crippen LogP) is 2.55. The summed E-state index contributed by atoms with van der Waals surface area (Å²) in [6.45, 7) is 2.91. The highest BCUT2D eigenvalue weighted by Crippen LogP contribution is 2.39. The zero-order valence-electron chi connectivity index (χ0n) is 18.0. The summed E-state index contributed by atoms with van der Waals surface area (Å²) in [5, 5.41) is 4.18. The molecule has 0 N–H and O–H groups in total. The smallest absolute Gasteiger partial charge is 0.267 e. The molecule has 0 radical (unpaired) electrons. The largest absolute Gasteiger partial charge is 0.493 e. The van der Waals surface area contributed by atoms with Gasteiger partial charge in [-0.3, -0.25) is 4.79 Å². The minimum Gasteiger partial charge on any atom is -0.493 e. The van der Waals surface area contributed by atoms with Gasteiger partial charge in [-0.15, -0.1) is 0 Å². The minimum absolute atomic E-state index is 0.0288. The molecule has 1 unspecified atom stereocenters. The van der Waals surface area contributed by atoms with E-state index in [1.165, 1.54) is 5.69 Å². The Kier molecular flexibility index (Phi) is 6.16. The van der Waals surface area contributed by atoms with Crippen LogP contribution in [0.1, 0.15) is 12.0 Å². The second-order valence-corrected chi connectivity index (χ2v) is 7.40. The first kappa shape index (κ1) is 20.8. The second-order valence-electron chi connectivity index (χ2n) is 7.40. The average Bonchev–Trinajstić information content (AvgIpc) is 3.33. The number of hydrogen-bond donors (Lipinski definition) is 0. The summed E-state index contributed by atoms with van der Waals surface area (Å²) in [5.41, 5.74) is 2.64. The molecule has 0 saturated carbocycles. The number of para-hydroxylation sites is 1. The fourth-order valence-corrected chi connectivity index (χ4v) is 3.96. The number of nitrogens with zero attached hydrogens (tertiary/aromatic N) is 3. The summed E-state index contributed by atoms with van der Waals surface area (Å²) in [4.78, 5) is 22.7. The molecule has 31 heavy (non-hydrogen) atoms. The number of rotatable bonds is 6. The summed E-state index contributed by atoms with van der Waals surface area (Å²) in [7, 11) is 4.69. The fraction of sp³-hybridized carbons (Fsp3) is 0.391. The lowest BCUT2D eigenvalue weighted by molar-refractivity contribution is -0.142. The highest BCUT2D eigenvalue weighted by atomic mass is 16.6. The Morgan fingerprint density at radius 2 is 1.61 bits per heavy atom. The Morgan fingerprint density at radius 1 is 0.968 bits per heavy atom.